The summed E-state index contributed by atoms with van der Waals surface area (Å²) in [6.45, 7) is -0.360. The molecule has 0 unspecified atom stereocenters. The van der Waals surface area contributed by atoms with Crippen molar-refractivity contribution in [3.8, 4) is 0 Å². The molecule has 0 N–H and O–H groups in total. The van der Waals surface area contributed by atoms with Crippen LogP contribution in [-0.2, 0) is 21.9 Å². The summed E-state index contributed by atoms with van der Waals surface area (Å²) in [5, 5.41) is -0.228. The minimum atomic E-state index is -4.07. The fourth-order valence-electron chi connectivity index (χ4n) is 1.77. The Kier molecular flexibility index (Phi) is 6.80. The molecule has 0 aliphatic rings. The number of amides is 1. The molecular weight excluding hydrogens is 468 g/mol. The standard InChI is InChI=1S/C12H15BrCl3N3O4S/c1-17(2)9(20)6-18(3)24(22,23)11-7(13)5-8(19(11)4)10(21)12(14,15)16/h5H,6H2,1-4H3. The summed E-state index contributed by atoms with van der Waals surface area (Å²) in [5.41, 5.74) is -0.104. The van der Waals surface area contributed by atoms with Crippen LogP contribution in [0.4, 0.5) is 0 Å². The smallest absolute Gasteiger partial charge is 0.260 e. The summed E-state index contributed by atoms with van der Waals surface area (Å²) in [7, 11) is 1.57. The molecule has 1 amide bonds. The summed E-state index contributed by atoms with van der Waals surface area (Å²) in [6, 6.07) is 1.25. The van der Waals surface area contributed by atoms with E-state index in [0.717, 1.165) is 8.87 Å². The third kappa shape index (κ3) is 4.44. The Morgan fingerprint density at radius 2 is 1.75 bits per heavy atom. The Bertz CT molecular complexity index is 771. The van der Waals surface area contributed by atoms with E-state index in [0.29, 0.717) is 0 Å². The quantitative estimate of drug-likeness (QED) is 0.474. The molecule has 0 bridgehead atoms. The molecule has 12 heteroatoms. The normalized spacial score (nSPS) is 12.5. The first-order valence-corrected chi connectivity index (χ1v) is 9.71. The van der Waals surface area contributed by atoms with Gasteiger partial charge in [-0.3, -0.25) is 9.59 Å². The highest BCUT2D eigenvalue weighted by Gasteiger charge is 2.37. The molecule has 1 aromatic rings. The van der Waals surface area contributed by atoms with Crippen LogP contribution in [0.25, 0.3) is 0 Å². The monoisotopic (exact) mass is 481 g/mol. The van der Waals surface area contributed by atoms with Crippen molar-refractivity contribution in [1.82, 2.24) is 13.8 Å². The molecule has 0 aromatic carbocycles. The number of aromatic nitrogens is 1. The predicted molar refractivity (Wildman–Crippen MR) is 96.2 cm³/mol. The van der Waals surface area contributed by atoms with E-state index in [1.807, 2.05) is 0 Å². The molecule has 7 nitrogen and oxygen atoms in total. The van der Waals surface area contributed by atoms with Gasteiger partial charge in [-0.25, -0.2) is 8.42 Å². The predicted octanol–water partition coefficient (Wildman–Crippen LogP) is 2.05. The Hall–Kier alpha value is -0.320. The number of halogens is 4. The first-order chi connectivity index (χ1) is 10.7. The first-order valence-electron chi connectivity index (χ1n) is 6.34. The van der Waals surface area contributed by atoms with E-state index in [1.54, 1.807) is 0 Å². The summed E-state index contributed by atoms with van der Waals surface area (Å²) >= 11 is 19.8. The van der Waals surface area contributed by atoms with Crippen LogP contribution in [-0.4, -0.2) is 65.4 Å². The van der Waals surface area contributed by atoms with Crippen molar-refractivity contribution in [1.29, 1.82) is 0 Å². The maximum atomic E-state index is 12.7. The summed E-state index contributed by atoms with van der Waals surface area (Å²) in [4.78, 5) is 25.1. The van der Waals surface area contributed by atoms with Crippen molar-refractivity contribution in [3.05, 3.63) is 16.2 Å². The van der Waals surface area contributed by atoms with Gasteiger partial charge in [0.05, 0.1) is 16.7 Å². The zero-order valence-electron chi connectivity index (χ0n) is 13.2. The van der Waals surface area contributed by atoms with E-state index < -0.39 is 25.5 Å². The van der Waals surface area contributed by atoms with E-state index in [4.69, 9.17) is 34.8 Å². The van der Waals surface area contributed by atoms with Crippen LogP contribution in [0, 0.1) is 0 Å². The maximum Gasteiger partial charge on any atom is 0.260 e. The number of hydrogen-bond donors (Lipinski definition) is 0. The largest absolute Gasteiger partial charge is 0.348 e. The van der Waals surface area contributed by atoms with Gasteiger partial charge in [-0.1, -0.05) is 34.8 Å². The van der Waals surface area contributed by atoms with Crippen LogP contribution >= 0.6 is 50.7 Å². The van der Waals surface area contributed by atoms with E-state index >= 15 is 0 Å². The number of ketones is 1. The number of nitrogens with zero attached hydrogens (tertiary/aromatic N) is 3. The van der Waals surface area contributed by atoms with E-state index in [-0.39, 0.29) is 21.7 Å². The van der Waals surface area contributed by atoms with Gasteiger partial charge in [0.15, 0.2) is 5.03 Å². The van der Waals surface area contributed by atoms with Gasteiger partial charge in [0.1, 0.15) is 0 Å². The van der Waals surface area contributed by atoms with Crippen LogP contribution in [0.5, 0.6) is 0 Å². The van der Waals surface area contributed by atoms with Gasteiger partial charge >= 0.3 is 0 Å². The first kappa shape index (κ1) is 21.7. The van der Waals surface area contributed by atoms with Gasteiger partial charge in [-0.05, 0) is 22.0 Å². The van der Waals surface area contributed by atoms with Gasteiger partial charge < -0.3 is 9.47 Å². The van der Waals surface area contributed by atoms with Crippen LogP contribution in [0.1, 0.15) is 10.5 Å². The second-order valence-electron chi connectivity index (χ2n) is 5.12. The topological polar surface area (TPSA) is 79.7 Å². The Labute approximate surface area is 163 Å². The number of likely N-dealkylation sites (N-methyl/N-ethyl adjacent to an activating group) is 2. The highest BCUT2D eigenvalue weighted by atomic mass is 79.9. The van der Waals surface area contributed by atoms with Crippen LogP contribution in [0.15, 0.2) is 15.6 Å². The molecule has 1 heterocycles. The van der Waals surface area contributed by atoms with Gasteiger partial charge in [0, 0.05) is 28.2 Å². The highest BCUT2D eigenvalue weighted by molar-refractivity contribution is 9.10. The summed E-state index contributed by atoms with van der Waals surface area (Å²) in [5.74, 6) is -1.27. The second kappa shape index (κ2) is 7.51. The lowest BCUT2D eigenvalue weighted by Gasteiger charge is -2.20. The molecule has 0 spiro atoms. The minimum Gasteiger partial charge on any atom is -0.348 e. The van der Waals surface area contributed by atoms with Crippen molar-refractivity contribution in [2.45, 2.75) is 8.82 Å². The fraction of sp³-hybridized carbons (Fsp3) is 0.500. The molecule has 24 heavy (non-hydrogen) atoms. The number of rotatable bonds is 5. The second-order valence-corrected chi connectivity index (χ2v) is 10.2. The Morgan fingerprint density at radius 3 is 2.17 bits per heavy atom. The van der Waals surface area contributed by atoms with Crippen molar-refractivity contribution in [2.75, 3.05) is 27.7 Å². The molecule has 0 aliphatic heterocycles. The summed E-state index contributed by atoms with van der Waals surface area (Å²) < 4.78 is 25.3. The van der Waals surface area contributed by atoms with Gasteiger partial charge in [-0.15, -0.1) is 0 Å². The number of hydrogen-bond acceptors (Lipinski definition) is 4. The zero-order valence-corrected chi connectivity index (χ0v) is 17.8. The number of Topliss-reactive ketones (excluding diaryl/α,β-unsaturated/α-hetero) is 1. The number of sulfonamides is 1. The fourth-order valence-corrected chi connectivity index (χ4v) is 4.48. The minimum absolute atomic E-state index is 0.104. The van der Waals surface area contributed by atoms with Crippen molar-refractivity contribution in [3.63, 3.8) is 0 Å². The molecule has 0 atom stereocenters. The molecule has 0 saturated heterocycles. The maximum absolute atomic E-state index is 12.7. The van der Waals surface area contributed by atoms with E-state index in [9.17, 15) is 18.0 Å². The Morgan fingerprint density at radius 1 is 1.25 bits per heavy atom. The number of carbonyl (C=O) groups excluding carboxylic acids is 2. The zero-order chi connectivity index (χ0) is 19.0. The highest BCUT2D eigenvalue weighted by Crippen LogP contribution is 2.34. The third-order valence-corrected chi connectivity index (χ3v) is 6.45. The lowest BCUT2D eigenvalue weighted by Crippen LogP contribution is -2.38. The Balaban J connectivity index is 3.34. The van der Waals surface area contributed by atoms with Crippen molar-refractivity contribution < 1.29 is 18.0 Å². The SMILES string of the molecule is CN(C)C(=O)CN(C)S(=O)(=O)c1c(Br)cc(C(=O)C(Cl)(Cl)Cl)n1C. The molecule has 1 aromatic heterocycles. The van der Waals surface area contributed by atoms with E-state index in [1.165, 1.54) is 39.2 Å². The molecule has 0 saturated carbocycles. The molecular formula is C12H15BrCl3N3O4S. The number of carbonyl (C=O) groups is 2. The van der Waals surface area contributed by atoms with Crippen LogP contribution in [0.3, 0.4) is 0 Å². The average Bonchev–Trinajstić information content (AvgIpc) is 2.71. The van der Waals surface area contributed by atoms with Crippen molar-refractivity contribution in [2.24, 2.45) is 7.05 Å². The molecule has 136 valence electrons. The van der Waals surface area contributed by atoms with Crippen LogP contribution in [0.2, 0.25) is 0 Å². The average molecular weight is 484 g/mol. The number of alkyl halides is 3. The van der Waals surface area contributed by atoms with Gasteiger partial charge in [-0.2, -0.15) is 4.31 Å². The van der Waals surface area contributed by atoms with Gasteiger partial charge in [0.2, 0.25) is 11.7 Å². The van der Waals surface area contributed by atoms with Crippen LogP contribution < -0.4 is 0 Å². The third-order valence-electron chi connectivity index (χ3n) is 3.14. The van der Waals surface area contributed by atoms with Crippen molar-refractivity contribution >= 4 is 72.4 Å². The molecule has 1 rings (SSSR count). The lowest BCUT2D eigenvalue weighted by molar-refractivity contribution is -0.128. The lowest BCUT2D eigenvalue weighted by atomic mass is 10.3. The molecule has 0 aliphatic carbocycles. The summed E-state index contributed by atoms with van der Waals surface area (Å²) in [6.07, 6.45) is 0. The van der Waals surface area contributed by atoms with E-state index in [2.05, 4.69) is 15.9 Å². The molecule has 0 fully saturated rings. The molecule has 0 radical (unpaired) electrons. The van der Waals surface area contributed by atoms with Gasteiger partial charge in [0.25, 0.3) is 13.8 Å².